The van der Waals surface area contributed by atoms with Gasteiger partial charge in [-0.3, -0.25) is 4.98 Å². The van der Waals surface area contributed by atoms with Gasteiger partial charge < -0.3 is 5.73 Å². The molecule has 0 saturated carbocycles. The zero-order valence-corrected chi connectivity index (χ0v) is 8.57. The van der Waals surface area contributed by atoms with E-state index in [4.69, 9.17) is 5.73 Å². The maximum absolute atomic E-state index is 6.19. The summed E-state index contributed by atoms with van der Waals surface area (Å²) in [6.45, 7) is 2.11. The predicted molar refractivity (Wildman–Crippen MR) is 60.4 cm³/mol. The molecule has 2 aromatic rings. The molecule has 2 N–H and O–H groups in total. The third-order valence-corrected chi connectivity index (χ3v) is 3.05. The van der Waals surface area contributed by atoms with Gasteiger partial charge in [0.05, 0.1) is 11.7 Å². The molecule has 1 aromatic carbocycles. The number of rotatable bonds is 0. The number of nitrogens with zero attached hydrogens (tertiary/aromatic N) is 1. The van der Waals surface area contributed by atoms with Crippen LogP contribution < -0.4 is 5.73 Å². The molecule has 74 valence electrons. The summed E-state index contributed by atoms with van der Waals surface area (Å²) in [5, 5.41) is 0. The van der Waals surface area contributed by atoms with Gasteiger partial charge in [-0.15, -0.1) is 0 Å². The fourth-order valence-electron chi connectivity index (χ4n) is 2.32. The number of aryl methyl sites for hydroxylation is 1. The Morgan fingerprint density at radius 3 is 2.80 bits per heavy atom. The van der Waals surface area contributed by atoms with Crippen LogP contribution in [0.15, 0.2) is 36.5 Å². The van der Waals surface area contributed by atoms with Crippen molar-refractivity contribution in [3.63, 3.8) is 0 Å². The molecule has 0 aliphatic heterocycles. The molecule has 0 amide bonds. The van der Waals surface area contributed by atoms with E-state index in [2.05, 4.69) is 36.2 Å². The van der Waals surface area contributed by atoms with E-state index >= 15 is 0 Å². The van der Waals surface area contributed by atoms with E-state index in [0.717, 1.165) is 11.3 Å². The van der Waals surface area contributed by atoms with Gasteiger partial charge >= 0.3 is 0 Å². The number of hydrogen-bond donors (Lipinski definition) is 1. The van der Waals surface area contributed by atoms with Gasteiger partial charge in [0.15, 0.2) is 0 Å². The predicted octanol–water partition coefficient (Wildman–Crippen LogP) is 2.42. The number of fused-ring (bicyclic) bond motifs is 3. The van der Waals surface area contributed by atoms with Gasteiger partial charge in [-0.1, -0.05) is 24.3 Å². The minimum absolute atomic E-state index is 0.0106. The molecule has 1 aliphatic rings. The Kier molecular flexibility index (Phi) is 1.67. The van der Waals surface area contributed by atoms with Gasteiger partial charge in [0.25, 0.3) is 0 Å². The number of benzene rings is 1. The second-order valence-electron chi connectivity index (χ2n) is 3.96. The second kappa shape index (κ2) is 2.91. The van der Waals surface area contributed by atoms with E-state index in [-0.39, 0.29) is 6.04 Å². The van der Waals surface area contributed by atoms with Crippen LogP contribution >= 0.6 is 0 Å². The maximum Gasteiger partial charge on any atom is 0.0759 e. The molecule has 1 aliphatic carbocycles. The number of hydrogen-bond acceptors (Lipinski definition) is 2. The van der Waals surface area contributed by atoms with E-state index < -0.39 is 0 Å². The quantitative estimate of drug-likeness (QED) is 0.702. The molecule has 0 radical (unpaired) electrons. The molecule has 0 spiro atoms. The Labute approximate surface area is 88.8 Å². The monoisotopic (exact) mass is 196 g/mol. The van der Waals surface area contributed by atoms with Gasteiger partial charge in [-0.05, 0) is 29.7 Å². The Bertz CT molecular complexity index is 532. The maximum atomic E-state index is 6.19. The average molecular weight is 196 g/mol. The van der Waals surface area contributed by atoms with E-state index in [0.29, 0.717) is 0 Å². The van der Waals surface area contributed by atoms with Crippen molar-refractivity contribution in [2.45, 2.75) is 13.0 Å². The average Bonchev–Trinajstić information content (AvgIpc) is 2.55. The zero-order valence-electron chi connectivity index (χ0n) is 8.57. The molecule has 1 unspecified atom stereocenters. The lowest BCUT2D eigenvalue weighted by molar-refractivity contribution is 0.897. The molecule has 15 heavy (non-hydrogen) atoms. The van der Waals surface area contributed by atoms with Crippen molar-refractivity contribution in [3.05, 3.63) is 53.2 Å². The first-order valence-corrected chi connectivity index (χ1v) is 5.09. The summed E-state index contributed by atoms with van der Waals surface area (Å²) in [7, 11) is 0. The van der Waals surface area contributed by atoms with Gasteiger partial charge in [-0.25, -0.2) is 0 Å². The summed E-state index contributed by atoms with van der Waals surface area (Å²) in [6, 6.07) is 10.2. The van der Waals surface area contributed by atoms with Crippen molar-refractivity contribution in [1.82, 2.24) is 4.98 Å². The van der Waals surface area contributed by atoms with Crippen molar-refractivity contribution in [2.24, 2.45) is 5.73 Å². The molecule has 0 saturated heterocycles. The van der Waals surface area contributed by atoms with Crippen LogP contribution in [0.5, 0.6) is 0 Å². The third kappa shape index (κ3) is 1.05. The highest BCUT2D eigenvalue weighted by Crippen LogP contribution is 2.41. The van der Waals surface area contributed by atoms with Gasteiger partial charge in [0.1, 0.15) is 0 Å². The molecular formula is C13H12N2. The Morgan fingerprint density at radius 2 is 1.93 bits per heavy atom. The van der Waals surface area contributed by atoms with Crippen LogP contribution in [0.3, 0.4) is 0 Å². The lowest BCUT2D eigenvalue weighted by atomic mass is 10.0. The Morgan fingerprint density at radius 1 is 1.13 bits per heavy atom. The van der Waals surface area contributed by atoms with E-state index in [1.54, 1.807) is 0 Å². The molecule has 0 bridgehead atoms. The van der Waals surface area contributed by atoms with Gasteiger partial charge in [-0.2, -0.15) is 0 Å². The fraction of sp³-hybridized carbons (Fsp3) is 0.154. The number of aromatic nitrogens is 1. The van der Waals surface area contributed by atoms with Crippen molar-refractivity contribution in [1.29, 1.82) is 0 Å². The standard InChI is InChI=1S/C13H12N2/c1-8-4-2-5-9-11(8)13-10(12(9)14)6-3-7-15-13/h2-7,12H,14H2,1H3. The molecule has 3 rings (SSSR count). The molecule has 2 heteroatoms. The van der Waals surface area contributed by atoms with Gasteiger partial charge in [0.2, 0.25) is 0 Å². The largest absolute Gasteiger partial charge is 0.320 e. The van der Waals surface area contributed by atoms with Crippen molar-refractivity contribution in [2.75, 3.05) is 0 Å². The normalized spacial score (nSPS) is 17.3. The van der Waals surface area contributed by atoms with Crippen LogP contribution in [0.4, 0.5) is 0 Å². The summed E-state index contributed by atoms with van der Waals surface area (Å²) in [4.78, 5) is 4.43. The number of nitrogens with two attached hydrogens (primary N) is 1. The van der Waals surface area contributed by atoms with Crippen LogP contribution in [0.1, 0.15) is 22.7 Å². The first-order chi connectivity index (χ1) is 7.29. The summed E-state index contributed by atoms with van der Waals surface area (Å²) in [5.41, 5.74) is 12.1. The highest BCUT2D eigenvalue weighted by Gasteiger charge is 2.27. The molecule has 1 atom stereocenters. The van der Waals surface area contributed by atoms with Crippen LogP contribution in [-0.2, 0) is 0 Å². The molecule has 2 nitrogen and oxygen atoms in total. The summed E-state index contributed by atoms with van der Waals surface area (Å²) in [5.74, 6) is 0. The number of pyridine rings is 1. The van der Waals surface area contributed by atoms with Crippen molar-refractivity contribution >= 4 is 0 Å². The van der Waals surface area contributed by atoms with Crippen LogP contribution in [0, 0.1) is 6.92 Å². The lowest BCUT2D eigenvalue weighted by Crippen LogP contribution is -2.07. The van der Waals surface area contributed by atoms with Crippen LogP contribution in [0.25, 0.3) is 11.3 Å². The van der Waals surface area contributed by atoms with Crippen molar-refractivity contribution < 1.29 is 0 Å². The van der Waals surface area contributed by atoms with Crippen LogP contribution in [0.2, 0.25) is 0 Å². The highest BCUT2D eigenvalue weighted by atomic mass is 14.7. The molecular weight excluding hydrogens is 184 g/mol. The summed E-state index contributed by atoms with van der Waals surface area (Å²) < 4.78 is 0. The smallest absolute Gasteiger partial charge is 0.0759 e. The molecule has 1 aromatic heterocycles. The second-order valence-corrected chi connectivity index (χ2v) is 3.96. The first-order valence-electron chi connectivity index (χ1n) is 5.09. The molecule has 0 fully saturated rings. The van der Waals surface area contributed by atoms with E-state index in [9.17, 15) is 0 Å². The van der Waals surface area contributed by atoms with Crippen LogP contribution in [-0.4, -0.2) is 4.98 Å². The van der Waals surface area contributed by atoms with E-state index in [1.807, 2.05) is 12.3 Å². The third-order valence-electron chi connectivity index (χ3n) is 3.05. The fourth-order valence-corrected chi connectivity index (χ4v) is 2.32. The highest BCUT2D eigenvalue weighted by molar-refractivity contribution is 5.77. The Balaban J connectivity index is 2.39. The first kappa shape index (κ1) is 8.62. The summed E-state index contributed by atoms with van der Waals surface area (Å²) >= 11 is 0. The van der Waals surface area contributed by atoms with Gasteiger partial charge in [0, 0.05) is 11.8 Å². The topological polar surface area (TPSA) is 38.9 Å². The lowest BCUT2D eigenvalue weighted by Gasteiger charge is -2.05. The minimum Gasteiger partial charge on any atom is -0.320 e. The SMILES string of the molecule is Cc1cccc2c1-c1ncccc1C2N. The minimum atomic E-state index is -0.0106. The van der Waals surface area contributed by atoms with Crippen molar-refractivity contribution in [3.8, 4) is 11.3 Å². The molecule has 1 heterocycles. The zero-order chi connectivity index (χ0) is 10.4. The van der Waals surface area contributed by atoms with E-state index in [1.165, 1.54) is 16.7 Å². The summed E-state index contributed by atoms with van der Waals surface area (Å²) in [6.07, 6.45) is 1.83. The Hall–Kier alpha value is -1.67.